The Hall–Kier alpha value is -9.24. The summed E-state index contributed by atoms with van der Waals surface area (Å²) in [5.41, 5.74) is 24.1. The summed E-state index contributed by atoms with van der Waals surface area (Å²) in [7, 11) is 0. The van der Waals surface area contributed by atoms with Crippen molar-refractivity contribution in [1.82, 2.24) is 0 Å². The zero-order valence-corrected chi connectivity index (χ0v) is 45.8. The first-order chi connectivity index (χ1) is 38.4. The maximum Gasteiger partial charge on any atom is 0.0737 e. The van der Waals surface area contributed by atoms with Crippen LogP contribution in [0.2, 0.25) is 0 Å². The van der Waals surface area contributed by atoms with Gasteiger partial charge in [0.15, 0.2) is 0 Å². The van der Waals surface area contributed by atoms with Crippen LogP contribution >= 0.6 is 0 Å². The topological polar surface area (TPSA) is 6.48 Å². The highest BCUT2D eigenvalue weighted by Gasteiger charge is 2.54. The highest BCUT2D eigenvalue weighted by atomic mass is 15.1. The third-order valence-corrected chi connectivity index (χ3v) is 16.9. The zero-order valence-electron chi connectivity index (χ0n) is 45.8. The van der Waals surface area contributed by atoms with Gasteiger partial charge in [0.1, 0.15) is 0 Å². The summed E-state index contributed by atoms with van der Waals surface area (Å²) in [5.74, 6) is 0. The smallest absolute Gasteiger partial charge is 0.0737 e. The SMILES string of the molecule is CC(C)(C)c1ccc2c(c1)-c1cc(C(C)(C)C)ccc1C21c2c(ccc3cc(N(c4ccccc4)c4ccc(-c5ccccc5)cc4)ccc23)-c2ccc3cc(N(c4ccccc4)c4ccc(-c5ccccc5)cc4)ccc3c21. The summed E-state index contributed by atoms with van der Waals surface area (Å²) in [5, 5.41) is 4.95. The van der Waals surface area contributed by atoms with Crippen molar-refractivity contribution in [2.75, 3.05) is 9.80 Å². The van der Waals surface area contributed by atoms with Gasteiger partial charge in [0.25, 0.3) is 0 Å². The third kappa shape index (κ3) is 7.92. The standard InChI is InChI=1S/C77H62N2/c1-75(2,3)57-33-45-71-69(49-57)70-50-58(76(4,5)6)34-46-72(70)77(71)73-65-43-39-63(78(59-23-15-9-16-24-59)61-35-27-53(28-36-61)51-19-11-7-12-20-51)47-55(65)31-41-67(73)68-42-32-56-48-64(40-44-66(56)74(68)77)79(60-25-17-10-18-26-60)62-37-29-54(30-38-62)52-21-13-8-14-22-52/h7-50H,1-6H3. The van der Waals surface area contributed by atoms with Crippen molar-refractivity contribution in [2.45, 2.75) is 57.8 Å². The molecule has 0 bridgehead atoms. The van der Waals surface area contributed by atoms with Gasteiger partial charge in [-0.05, 0) is 183 Å². The Balaban J connectivity index is 0.996. The summed E-state index contributed by atoms with van der Waals surface area (Å²) >= 11 is 0. The molecule has 0 atom stereocenters. The second kappa shape index (κ2) is 18.5. The van der Waals surface area contributed by atoms with Crippen molar-refractivity contribution < 1.29 is 0 Å². The molecule has 380 valence electrons. The van der Waals surface area contributed by atoms with E-state index in [0.717, 1.165) is 34.1 Å². The highest BCUT2D eigenvalue weighted by molar-refractivity contribution is 6.10. The number of nitrogens with zero attached hydrogens (tertiary/aromatic N) is 2. The van der Waals surface area contributed by atoms with E-state index in [-0.39, 0.29) is 10.8 Å². The predicted octanol–water partition coefficient (Wildman–Crippen LogP) is 21.2. The number of fused-ring (bicyclic) bond motifs is 14. The summed E-state index contributed by atoms with van der Waals surface area (Å²) in [6.07, 6.45) is 0. The fourth-order valence-corrected chi connectivity index (χ4v) is 13.0. The van der Waals surface area contributed by atoms with E-state index in [1.165, 1.54) is 99.4 Å². The molecule has 2 nitrogen and oxygen atoms in total. The van der Waals surface area contributed by atoms with Crippen LogP contribution in [0.4, 0.5) is 34.1 Å². The molecule has 2 heteroatoms. The van der Waals surface area contributed by atoms with Gasteiger partial charge < -0.3 is 9.80 Å². The van der Waals surface area contributed by atoms with Crippen LogP contribution in [-0.2, 0) is 16.2 Å². The lowest BCUT2D eigenvalue weighted by Gasteiger charge is -2.33. The number of rotatable bonds is 8. The molecular weight excluding hydrogens is 953 g/mol. The normalized spacial score (nSPS) is 13.0. The average molecular weight is 1020 g/mol. The summed E-state index contributed by atoms with van der Waals surface area (Å²) in [6.45, 7) is 14.1. The highest BCUT2D eigenvalue weighted by Crippen LogP contribution is 2.66. The molecule has 79 heavy (non-hydrogen) atoms. The van der Waals surface area contributed by atoms with Crippen LogP contribution in [0.25, 0.3) is 66.1 Å². The van der Waals surface area contributed by atoms with Crippen molar-refractivity contribution in [1.29, 1.82) is 0 Å². The second-order valence-electron chi connectivity index (χ2n) is 23.7. The van der Waals surface area contributed by atoms with E-state index in [4.69, 9.17) is 0 Å². The molecule has 0 unspecified atom stereocenters. The molecule has 2 aliphatic rings. The first-order valence-electron chi connectivity index (χ1n) is 27.9. The Morgan fingerprint density at radius 1 is 0.266 bits per heavy atom. The Kier molecular flexibility index (Phi) is 11.3. The first-order valence-corrected chi connectivity index (χ1v) is 27.9. The predicted molar refractivity (Wildman–Crippen MR) is 335 cm³/mol. The van der Waals surface area contributed by atoms with Crippen LogP contribution in [0.1, 0.15) is 74.9 Å². The lowest BCUT2D eigenvalue weighted by molar-refractivity contribution is 0.589. The van der Waals surface area contributed by atoms with Crippen LogP contribution in [-0.4, -0.2) is 0 Å². The summed E-state index contributed by atoms with van der Waals surface area (Å²) in [4.78, 5) is 4.80. The maximum absolute atomic E-state index is 2.53. The molecule has 0 radical (unpaired) electrons. The zero-order chi connectivity index (χ0) is 53.6. The average Bonchev–Trinajstić information content (AvgIpc) is 1.88. The minimum atomic E-state index is -0.622. The molecule has 0 amide bonds. The van der Waals surface area contributed by atoms with Gasteiger partial charge in [-0.15, -0.1) is 0 Å². The molecule has 0 N–H and O–H groups in total. The molecular formula is C77H62N2. The molecule has 0 aliphatic heterocycles. The van der Waals surface area contributed by atoms with Crippen LogP contribution in [0.5, 0.6) is 0 Å². The lowest BCUT2D eigenvalue weighted by Crippen LogP contribution is -2.27. The third-order valence-electron chi connectivity index (χ3n) is 16.9. The fourth-order valence-electron chi connectivity index (χ4n) is 13.0. The molecule has 12 aromatic rings. The Morgan fingerprint density at radius 3 is 0.962 bits per heavy atom. The molecule has 0 saturated heterocycles. The van der Waals surface area contributed by atoms with E-state index in [9.17, 15) is 0 Å². The first kappa shape index (κ1) is 48.2. The fraction of sp³-hybridized carbons (Fsp3) is 0.117. The second-order valence-corrected chi connectivity index (χ2v) is 23.7. The summed E-state index contributed by atoms with van der Waals surface area (Å²) in [6, 6.07) is 99.8. The number of hydrogen-bond acceptors (Lipinski definition) is 2. The van der Waals surface area contributed by atoms with E-state index in [1.54, 1.807) is 0 Å². The van der Waals surface area contributed by atoms with Crippen molar-refractivity contribution in [3.63, 3.8) is 0 Å². The number of para-hydroxylation sites is 2. The number of anilines is 6. The van der Waals surface area contributed by atoms with E-state index >= 15 is 0 Å². The monoisotopic (exact) mass is 1010 g/mol. The van der Waals surface area contributed by atoms with Crippen molar-refractivity contribution in [2.24, 2.45) is 0 Å². The van der Waals surface area contributed by atoms with Crippen LogP contribution in [0.15, 0.2) is 267 Å². The molecule has 1 spiro atoms. The van der Waals surface area contributed by atoms with E-state index in [2.05, 4.69) is 318 Å². The molecule has 0 aromatic heterocycles. The molecule has 0 fully saturated rings. The van der Waals surface area contributed by atoms with Gasteiger partial charge in [-0.3, -0.25) is 0 Å². The van der Waals surface area contributed by atoms with E-state index in [0.29, 0.717) is 0 Å². The van der Waals surface area contributed by atoms with Gasteiger partial charge in [-0.25, -0.2) is 0 Å². The van der Waals surface area contributed by atoms with Crippen LogP contribution in [0.3, 0.4) is 0 Å². The van der Waals surface area contributed by atoms with E-state index < -0.39 is 5.41 Å². The summed E-state index contributed by atoms with van der Waals surface area (Å²) < 4.78 is 0. The minimum Gasteiger partial charge on any atom is -0.310 e. The quantitative estimate of drug-likeness (QED) is 0.150. The Labute approximate surface area is 465 Å². The minimum absolute atomic E-state index is 0.0384. The number of benzene rings is 12. The number of hydrogen-bond donors (Lipinski definition) is 0. The van der Waals surface area contributed by atoms with Gasteiger partial charge in [0.05, 0.1) is 5.41 Å². The van der Waals surface area contributed by atoms with E-state index in [1.807, 2.05) is 0 Å². The van der Waals surface area contributed by atoms with Crippen molar-refractivity contribution >= 4 is 55.7 Å². The molecule has 0 saturated carbocycles. The lowest BCUT2D eigenvalue weighted by atomic mass is 9.68. The Morgan fingerprint density at radius 2 is 0.595 bits per heavy atom. The van der Waals surface area contributed by atoms with Gasteiger partial charge in [0.2, 0.25) is 0 Å². The van der Waals surface area contributed by atoms with Crippen molar-refractivity contribution in [3.8, 4) is 44.5 Å². The maximum atomic E-state index is 2.53. The Bertz CT molecular complexity index is 4000. The van der Waals surface area contributed by atoms with Gasteiger partial charge in [-0.1, -0.05) is 236 Å². The van der Waals surface area contributed by atoms with Gasteiger partial charge >= 0.3 is 0 Å². The molecule has 2 aliphatic carbocycles. The van der Waals surface area contributed by atoms with Crippen LogP contribution < -0.4 is 9.80 Å². The van der Waals surface area contributed by atoms with Crippen molar-refractivity contribution in [3.05, 3.63) is 300 Å². The molecule has 14 rings (SSSR count). The van der Waals surface area contributed by atoms with Gasteiger partial charge in [0, 0.05) is 34.1 Å². The molecule has 0 heterocycles. The molecule has 12 aromatic carbocycles. The van der Waals surface area contributed by atoms with Crippen LogP contribution in [0, 0.1) is 0 Å². The largest absolute Gasteiger partial charge is 0.310 e. The van der Waals surface area contributed by atoms with Gasteiger partial charge in [-0.2, -0.15) is 0 Å².